The molecule has 0 saturated heterocycles. The number of aromatic nitrogens is 2. The van der Waals surface area contributed by atoms with Crippen LogP contribution in [0.1, 0.15) is 0 Å². The summed E-state index contributed by atoms with van der Waals surface area (Å²) in [4.78, 5) is 12.0. The first-order valence-electron chi connectivity index (χ1n) is 5.77. The van der Waals surface area contributed by atoms with Crippen molar-refractivity contribution < 1.29 is 0 Å². The first kappa shape index (κ1) is 14.0. The molecule has 0 N–H and O–H groups in total. The van der Waals surface area contributed by atoms with E-state index in [9.17, 15) is 0 Å². The Morgan fingerprint density at radius 2 is 1.44 bits per heavy atom. The summed E-state index contributed by atoms with van der Waals surface area (Å²) in [6, 6.07) is 9.80. The van der Waals surface area contributed by atoms with Crippen LogP contribution in [0.4, 0.5) is 11.5 Å². The Morgan fingerprint density at radius 1 is 0.778 bits per heavy atom. The molecule has 18 heavy (non-hydrogen) atoms. The third-order valence-corrected chi connectivity index (χ3v) is 2.29. The lowest BCUT2D eigenvalue weighted by Gasteiger charge is -2.10. The van der Waals surface area contributed by atoms with Crippen LogP contribution in [0.15, 0.2) is 48.9 Å². The van der Waals surface area contributed by atoms with Gasteiger partial charge >= 0.3 is 0 Å². The summed E-state index contributed by atoms with van der Waals surface area (Å²) in [5.41, 5.74) is 1.19. The van der Waals surface area contributed by atoms with E-state index in [2.05, 4.69) is 9.97 Å². The molecule has 0 spiro atoms. The number of hydrogen-bond acceptors (Lipinski definition) is 4. The number of rotatable bonds is 2. The molecular weight excluding hydrogens is 224 g/mol. The Hall–Kier alpha value is -2.10. The van der Waals surface area contributed by atoms with Gasteiger partial charge in [0.2, 0.25) is 0 Å². The van der Waals surface area contributed by atoms with Gasteiger partial charge < -0.3 is 9.80 Å². The zero-order chi connectivity index (χ0) is 13.4. The molecular formula is C14H20N4. The van der Waals surface area contributed by atoms with Gasteiger partial charge in [0.15, 0.2) is 0 Å². The zero-order valence-electron chi connectivity index (χ0n) is 11.4. The minimum Gasteiger partial charge on any atom is -0.378 e. The highest BCUT2D eigenvalue weighted by molar-refractivity contribution is 5.42. The summed E-state index contributed by atoms with van der Waals surface area (Å²) >= 11 is 0. The summed E-state index contributed by atoms with van der Waals surface area (Å²) < 4.78 is 0. The van der Waals surface area contributed by atoms with E-state index in [1.807, 2.05) is 68.3 Å². The molecule has 0 aliphatic carbocycles. The predicted molar refractivity (Wildman–Crippen MR) is 77.1 cm³/mol. The fourth-order valence-electron chi connectivity index (χ4n) is 1.26. The average Bonchev–Trinajstić information content (AvgIpc) is 2.41. The van der Waals surface area contributed by atoms with Crippen LogP contribution in [-0.4, -0.2) is 38.2 Å². The van der Waals surface area contributed by atoms with Gasteiger partial charge in [-0.3, -0.25) is 4.98 Å². The lowest BCUT2D eigenvalue weighted by atomic mass is 10.4. The average molecular weight is 244 g/mol. The maximum atomic E-state index is 4.10. The number of pyridine rings is 2. The van der Waals surface area contributed by atoms with Crippen molar-refractivity contribution in [2.45, 2.75) is 0 Å². The maximum Gasteiger partial charge on any atom is 0.127 e. The quantitative estimate of drug-likeness (QED) is 0.811. The van der Waals surface area contributed by atoms with E-state index in [4.69, 9.17) is 0 Å². The molecule has 0 saturated carbocycles. The molecule has 0 unspecified atom stereocenters. The molecule has 96 valence electrons. The fourth-order valence-corrected chi connectivity index (χ4v) is 1.26. The van der Waals surface area contributed by atoms with E-state index in [1.165, 1.54) is 5.69 Å². The SMILES string of the molecule is CN(C)c1ccccn1.CN(C)c1ccncc1. The summed E-state index contributed by atoms with van der Waals surface area (Å²) in [7, 11) is 7.97. The monoisotopic (exact) mass is 244 g/mol. The van der Waals surface area contributed by atoms with Crippen LogP contribution >= 0.6 is 0 Å². The predicted octanol–water partition coefficient (Wildman–Crippen LogP) is 2.30. The second-order valence-electron chi connectivity index (χ2n) is 4.18. The molecule has 2 heterocycles. The molecule has 4 heteroatoms. The van der Waals surface area contributed by atoms with E-state index in [1.54, 1.807) is 18.6 Å². The number of hydrogen-bond donors (Lipinski definition) is 0. The minimum atomic E-state index is 0.998. The van der Waals surface area contributed by atoms with Crippen molar-refractivity contribution in [2.75, 3.05) is 38.0 Å². The molecule has 4 nitrogen and oxygen atoms in total. The van der Waals surface area contributed by atoms with Crippen molar-refractivity contribution in [1.29, 1.82) is 0 Å². The lowest BCUT2D eigenvalue weighted by molar-refractivity contribution is 1.07. The Balaban J connectivity index is 0.000000180. The van der Waals surface area contributed by atoms with Gasteiger partial charge in [0.05, 0.1) is 0 Å². The molecule has 2 aromatic heterocycles. The lowest BCUT2D eigenvalue weighted by Crippen LogP contribution is -2.09. The molecule has 0 radical (unpaired) electrons. The topological polar surface area (TPSA) is 32.3 Å². The molecule has 0 aromatic carbocycles. The molecule has 2 aromatic rings. The van der Waals surface area contributed by atoms with Crippen LogP contribution in [0.2, 0.25) is 0 Å². The van der Waals surface area contributed by atoms with Crippen molar-refractivity contribution in [3.63, 3.8) is 0 Å². The molecule has 0 amide bonds. The molecule has 0 fully saturated rings. The minimum absolute atomic E-state index is 0.998. The second kappa shape index (κ2) is 7.27. The Kier molecular flexibility index (Phi) is 5.64. The largest absolute Gasteiger partial charge is 0.378 e. The highest BCUT2D eigenvalue weighted by atomic mass is 15.1. The third kappa shape index (κ3) is 4.82. The third-order valence-electron chi connectivity index (χ3n) is 2.29. The van der Waals surface area contributed by atoms with Crippen LogP contribution in [-0.2, 0) is 0 Å². The van der Waals surface area contributed by atoms with Crippen LogP contribution in [0.25, 0.3) is 0 Å². The van der Waals surface area contributed by atoms with Gasteiger partial charge in [-0.05, 0) is 24.3 Å². The number of anilines is 2. The van der Waals surface area contributed by atoms with Crippen LogP contribution in [0, 0.1) is 0 Å². The van der Waals surface area contributed by atoms with Gasteiger partial charge in [-0.2, -0.15) is 0 Å². The van der Waals surface area contributed by atoms with Crippen LogP contribution in [0.3, 0.4) is 0 Å². The highest BCUT2D eigenvalue weighted by Crippen LogP contribution is 2.05. The van der Waals surface area contributed by atoms with Crippen LogP contribution in [0.5, 0.6) is 0 Å². The van der Waals surface area contributed by atoms with Crippen molar-refractivity contribution in [3.05, 3.63) is 48.9 Å². The van der Waals surface area contributed by atoms with Gasteiger partial charge in [0.1, 0.15) is 5.82 Å². The smallest absolute Gasteiger partial charge is 0.127 e. The van der Waals surface area contributed by atoms with Crippen molar-refractivity contribution in [2.24, 2.45) is 0 Å². The van der Waals surface area contributed by atoms with Crippen LogP contribution < -0.4 is 9.80 Å². The summed E-state index contributed by atoms with van der Waals surface area (Å²) in [6.45, 7) is 0. The maximum absolute atomic E-state index is 4.10. The van der Waals surface area contributed by atoms with E-state index in [0.717, 1.165) is 5.82 Å². The van der Waals surface area contributed by atoms with Crippen molar-refractivity contribution in [3.8, 4) is 0 Å². The molecule has 0 bridgehead atoms. The fraction of sp³-hybridized carbons (Fsp3) is 0.286. The van der Waals surface area contributed by atoms with Gasteiger partial charge in [-0.15, -0.1) is 0 Å². The van der Waals surface area contributed by atoms with Crippen molar-refractivity contribution >= 4 is 11.5 Å². The highest BCUT2D eigenvalue weighted by Gasteiger charge is 1.89. The van der Waals surface area contributed by atoms with Gasteiger partial charge in [-0.25, -0.2) is 4.98 Å². The van der Waals surface area contributed by atoms with Gasteiger partial charge in [-0.1, -0.05) is 6.07 Å². The Morgan fingerprint density at radius 3 is 1.78 bits per heavy atom. The first-order chi connectivity index (χ1) is 8.61. The summed E-state index contributed by atoms with van der Waals surface area (Å²) in [6.07, 6.45) is 5.36. The van der Waals surface area contributed by atoms with E-state index in [-0.39, 0.29) is 0 Å². The zero-order valence-corrected chi connectivity index (χ0v) is 11.4. The first-order valence-corrected chi connectivity index (χ1v) is 5.77. The Labute approximate surface area is 109 Å². The summed E-state index contributed by atoms with van der Waals surface area (Å²) in [5, 5.41) is 0. The van der Waals surface area contributed by atoms with E-state index < -0.39 is 0 Å². The normalized spacial score (nSPS) is 9.11. The van der Waals surface area contributed by atoms with Gasteiger partial charge in [0.25, 0.3) is 0 Å². The molecule has 0 aliphatic rings. The Bertz CT molecular complexity index is 383. The van der Waals surface area contributed by atoms with Gasteiger partial charge in [0, 0.05) is 52.5 Å². The molecule has 2 rings (SSSR count). The molecule has 0 atom stereocenters. The standard InChI is InChI=1S/2C7H10N2/c1-9(2)7-3-5-8-6-4-7;1-9(2)7-5-3-4-6-8-7/h2*3-6H,1-2H3. The molecule has 0 aliphatic heterocycles. The van der Waals surface area contributed by atoms with E-state index >= 15 is 0 Å². The second-order valence-corrected chi connectivity index (χ2v) is 4.18. The van der Waals surface area contributed by atoms with Crippen molar-refractivity contribution in [1.82, 2.24) is 9.97 Å². The van der Waals surface area contributed by atoms with E-state index in [0.29, 0.717) is 0 Å². The number of nitrogens with zero attached hydrogens (tertiary/aromatic N) is 4. The summed E-state index contributed by atoms with van der Waals surface area (Å²) in [5.74, 6) is 0.998.